The molecule has 0 amide bonds. The van der Waals surface area contributed by atoms with E-state index in [1.807, 2.05) is 0 Å². The van der Waals surface area contributed by atoms with Gasteiger partial charge in [-0.25, -0.2) is 0 Å². The molecule has 68 valence electrons. The van der Waals surface area contributed by atoms with Crippen LogP contribution in [0.4, 0.5) is 0 Å². The monoisotopic (exact) mass is 165 g/mol. The van der Waals surface area contributed by atoms with Gasteiger partial charge in [-0.1, -0.05) is 32.4 Å². The lowest BCUT2D eigenvalue weighted by Gasteiger charge is -2.18. The molecule has 1 heteroatoms. The highest BCUT2D eigenvalue weighted by atomic mass is 14.5. The summed E-state index contributed by atoms with van der Waals surface area (Å²) in [4.78, 5) is 0. The number of nitrogens with two attached hydrogens (primary N) is 1. The summed E-state index contributed by atoms with van der Waals surface area (Å²) in [5.41, 5.74) is 8.52. The van der Waals surface area contributed by atoms with Gasteiger partial charge in [0, 0.05) is 6.54 Å². The van der Waals surface area contributed by atoms with Crippen LogP contribution in [0.1, 0.15) is 33.1 Å². The maximum Gasteiger partial charge on any atom is 0.0177 e. The first-order valence-electron chi connectivity index (χ1n) is 4.88. The van der Waals surface area contributed by atoms with Crippen molar-refractivity contribution in [2.24, 2.45) is 11.7 Å². The van der Waals surface area contributed by atoms with Crippen molar-refractivity contribution in [2.75, 3.05) is 6.54 Å². The molecule has 1 unspecified atom stereocenters. The molecule has 0 aromatic carbocycles. The Hall–Kier alpha value is -0.560. The molecule has 0 saturated heterocycles. The zero-order chi connectivity index (χ0) is 8.97. The number of hydrogen-bond donors (Lipinski definition) is 1. The lowest BCUT2D eigenvalue weighted by molar-refractivity contribution is 0.705. The molecule has 0 aliphatic heterocycles. The van der Waals surface area contributed by atoms with Crippen molar-refractivity contribution >= 4 is 0 Å². The van der Waals surface area contributed by atoms with Crippen molar-refractivity contribution in [1.29, 1.82) is 0 Å². The Morgan fingerprint density at radius 1 is 1.50 bits per heavy atom. The van der Waals surface area contributed by atoms with Crippen LogP contribution >= 0.6 is 0 Å². The second-order valence-electron chi connectivity index (χ2n) is 3.59. The van der Waals surface area contributed by atoms with Crippen molar-refractivity contribution in [2.45, 2.75) is 33.1 Å². The van der Waals surface area contributed by atoms with Gasteiger partial charge in [0.15, 0.2) is 0 Å². The maximum absolute atomic E-state index is 5.66. The van der Waals surface area contributed by atoms with Crippen molar-refractivity contribution < 1.29 is 0 Å². The van der Waals surface area contributed by atoms with Gasteiger partial charge < -0.3 is 5.73 Å². The van der Waals surface area contributed by atoms with E-state index in [2.05, 4.69) is 26.0 Å². The van der Waals surface area contributed by atoms with E-state index in [-0.39, 0.29) is 0 Å². The van der Waals surface area contributed by atoms with Gasteiger partial charge in [0.05, 0.1) is 0 Å². The van der Waals surface area contributed by atoms with E-state index in [0.29, 0.717) is 12.5 Å². The van der Waals surface area contributed by atoms with E-state index in [9.17, 15) is 0 Å². The quantitative estimate of drug-likeness (QED) is 0.683. The molecule has 0 saturated carbocycles. The summed E-state index contributed by atoms with van der Waals surface area (Å²) >= 11 is 0. The van der Waals surface area contributed by atoms with Crippen LogP contribution in [0.15, 0.2) is 23.3 Å². The molecule has 0 spiro atoms. The first kappa shape index (κ1) is 9.53. The molecule has 0 aromatic heterocycles. The highest BCUT2D eigenvalue weighted by molar-refractivity contribution is 5.35. The summed E-state index contributed by atoms with van der Waals surface area (Å²) in [6, 6.07) is 0. The molecule has 0 fully saturated rings. The largest absolute Gasteiger partial charge is 0.326 e. The standard InChI is InChI=1S/C11H19N/c1-3-4-10-7-9(2)5-6-11(10)8-12/h6-7,9H,3-5,8,12H2,1-2H3. The first-order valence-corrected chi connectivity index (χ1v) is 4.88. The Bertz CT molecular complexity index is 201. The molecule has 12 heavy (non-hydrogen) atoms. The lowest BCUT2D eigenvalue weighted by atomic mass is 9.89. The van der Waals surface area contributed by atoms with Gasteiger partial charge in [-0.05, 0) is 29.9 Å². The Morgan fingerprint density at radius 3 is 2.83 bits per heavy atom. The number of rotatable bonds is 3. The number of allylic oxidation sites excluding steroid dienone is 2. The molecule has 0 aromatic rings. The van der Waals surface area contributed by atoms with E-state index < -0.39 is 0 Å². The molecule has 1 aliphatic carbocycles. The van der Waals surface area contributed by atoms with Crippen LogP contribution in [0.3, 0.4) is 0 Å². The van der Waals surface area contributed by atoms with Crippen molar-refractivity contribution in [1.82, 2.24) is 0 Å². The summed E-state index contributed by atoms with van der Waals surface area (Å²) in [5.74, 6) is 0.710. The molecular formula is C11H19N. The zero-order valence-electron chi connectivity index (χ0n) is 8.14. The zero-order valence-corrected chi connectivity index (χ0v) is 8.14. The molecule has 1 rings (SSSR count). The fraction of sp³-hybridized carbons (Fsp3) is 0.636. The van der Waals surface area contributed by atoms with Gasteiger partial charge in [-0.2, -0.15) is 0 Å². The summed E-state index contributed by atoms with van der Waals surface area (Å²) in [6.45, 7) is 5.19. The molecule has 0 heterocycles. The lowest BCUT2D eigenvalue weighted by Crippen LogP contribution is -2.10. The Balaban J connectivity index is 2.68. The van der Waals surface area contributed by atoms with E-state index >= 15 is 0 Å². The van der Waals surface area contributed by atoms with Gasteiger partial charge in [0.1, 0.15) is 0 Å². The average Bonchev–Trinajstić information content (AvgIpc) is 2.05. The highest BCUT2D eigenvalue weighted by Gasteiger charge is 2.10. The van der Waals surface area contributed by atoms with Gasteiger partial charge in [0.2, 0.25) is 0 Å². The predicted molar refractivity (Wildman–Crippen MR) is 53.9 cm³/mol. The van der Waals surface area contributed by atoms with E-state index in [4.69, 9.17) is 5.73 Å². The molecule has 1 atom stereocenters. The van der Waals surface area contributed by atoms with Gasteiger partial charge in [-0.15, -0.1) is 0 Å². The SMILES string of the molecule is CCCC1=CC(C)CC=C1CN. The number of hydrogen-bond acceptors (Lipinski definition) is 1. The fourth-order valence-corrected chi connectivity index (χ4v) is 1.71. The van der Waals surface area contributed by atoms with Gasteiger partial charge in [0.25, 0.3) is 0 Å². The van der Waals surface area contributed by atoms with E-state index in [0.717, 1.165) is 0 Å². The van der Waals surface area contributed by atoms with Crippen LogP contribution in [0.2, 0.25) is 0 Å². The summed E-state index contributed by atoms with van der Waals surface area (Å²) < 4.78 is 0. The third-order valence-electron chi connectivity index (χ3n) is 2.37. The molecule has 0 radical (unpaired) electrons. The Labute approximate surface area is 75.3 Å². The summed E-state index contributed by atoms with van der Waals surface area (Å²) in [6.07, 6.45) is 8.25. The van der Waals surface area contributed by atoms with Crippen LogP contribution in [0, 0.1) is 5.92 Å². The van der Waals surface area contributed by atoms with Crippen LogP contribution in [0.25, 0.3) is 0 Å². The minimum absolute atomic E-state index is 0.707. The molecule has 2 N–H and O–H groups in total. The minimum Gasteiger partial charge on any atom is -0.326 e. The van der Waals surface area contributed by atoms with E-state index in [1.54, 1.807) is 0 Å². The van der Waals surface area contributed by atoms with Crippen LogP contribution in [0.5, 0.6) is 0 Å². The topological polar surface area (TPSA) is 26.0 Å². The second-order valence-corrected chi connectivity index (χ2v) is 3.59. The molecule has 1 nitrogen and oxygen atoms in total. The Kier molecular flexibility index (Phi) is 3.54. The average molecular weight is 165 g/mol. The van der Waals surface area contributed by atoms with Crippen molar-refractivity contribution in [3.05, 3.63) is 23.3 Å². The molecule has 1 aliphatic rings. The van der Waals surface area contributed by atoms with Gasteiger partial charge >= 0.3 is 0 Å². The van der Waals surface area contributed by atoms with Crippen molar-refractivity contribution in [3.8, 4) is 0 Å². The summed E-state index contributed by atoms with van der Waals surface area (Å²) in [7, 11) is 0. The third kappa shape index (κ3) is 2.21. The van der Waals surface area contributed by atoms with Crippen LogP contribution in [-0.2, 0) is 0 Å². The predicted octanol–water partition coefficient (Wildman–Crippen LogP) is 2.64. The van der Waals surface area contributed by atoms with Crippen molar-refractivity contribution in [3.63, 3.8) is 0 Å². The highest BCUT2D eigenvalue weighted by Crippen LogP contribution is 2.25. The maximum atomic E-state index is 5.66. The second kappa shape index (κ2) is 4.46. The minimum atomic E-state index is 0.707. The smallest absolute Gasteiger partial charge is 0.0177 e. The molecule has 0 bridgehead atoms. The third-order valence-corrected chi connectivity index (χ3v) is 2.37. The summed E-state index contributed by atoms with van der Waals surface area (Å²) in [5, 5.41) is 0. The van der Waals surface area contributed by atoms with Gasteiger partial charge in [-0.3, -0.25) is 0 Å². The fourth-order valence-electron chi connectivity index (χ4n) is 1.71. The van der Waals surface area contributed by atoms with E-state index in [1.165, 1.54) is 30.4 Å². The molecular weight excluding hydrogens is 146 g/mol. The normalized spacial score (nSPS) is 23.4. The van der Waals surface area contributed by atoms with Crippen LogP contribution in [-0.4, -0.2) is 6.54 Å². The first-order chi connectivity index (χ1) is 5.77. The Morgan fingerprint density at radius 2 is 2.25 bits per heavy atom. The van der Waals surface area contributed by atoms with Crippen LogP contribution < -0.4 is 5.73 Å².